The second kappa shape index (κ2) is 4.53. The van der Waals surface area contributed by atoms with Crippen molar-refractivity contribution in [3.8, 4) is 0 Å². The Morgan fingerprint density at radius 2 is 2.62 bits per heavy atom. The van der Waals surface area contributed by atoms with Crippen molar-refractivity contribution in [2.75, 3.05) is 18.4 Å². The molecule has 1 fully saturated rings. The van der Waals surface area contributed by atoms with Crippen LogP contribution in [0.3, 0.4) is 0 Å². The lowest BCUT2D eigenvalue weighted by molar-refractivity contribution is 0.414. The molecule has 1 unspecified atom stereocenters. The summed E-state index contributed by atoms with van der Waals surface area (Å²) >= 11 is 1.55. The fourth-order valence-corrected chi connectivity index (χ4v) is 2.01. The van der Waals surface area contributed by atoms with Gasteiger partial charge in [0.1, 0.15) is 5.51 Å². The van der Waals surface area contributed by atoms with Crippen LogP contribution in [0.25, 0.3) is 0 Å². The Bertz CT molecular complexity index is 230. The summed E-state index contributed by atoms with van der Waals surface area (Å²) in [5.41, 5.74) is 1.75. The molecule has 13 heavy (non-hydrogen) atoms. The molecule has 0 aromatic carbocycles. The largest absolute Gasteiger partial charge is 0.359 e. The zero-order valence-corrected chi connectivity index (χ0v) is 8.31. The Morgan fingerprint density at radius 3 is 3.31 bits per heavy atom. The molecule has 2 N–H and O–H groups in total. The van der Waals surface area contributed by atoms with E-state index in [9.17, 15) is 0 Å². The summed E-state index contributed by atoms with van der Waals surface area (Å²) in [5, 5.41) is 15.4. The second-order valence-corrected chi connectivity index (χ2v) is 4.10. The second-order valence-electron chi connectivity index (χ2n) is 3.27. The Hall–Kier alpha value is -0.680. The van der Waals surface area contributed by atoms with Crippen LogP contribution in [0.2, 0.25) is 0 Å². The van der Waals surface area contributed by atoms with Crippen molar-refractivity contribution in [1.29, 1.82) is 0 Å². The van der Waals surface area contributed by atoms with Gasteiger partial charge in [0.2, 0.25) is 5.13 Å². The summed E-state index contributed by atoms with van der Waals surface area (Å²) in [6, 6.07) is 0.609. The standard InChI is InChI=1S/C8H14N4S/c1-2-4-9-7(3-1)5-10-8-12-11-6-13-8/h6-7,9H,1-5H2,(H,10,12). The van der Waals surface area contributed by atoms with Crippen molar-refractivity contribution < 1.29 is 0 Å². The van der Waals surface area contributed by atoms with E-state index in [1.807, 2.05) is 0 Å². The minimum atomic E-state index is 0.609. The first-order chi connectivity index (χ1) is 6.45. The number of rotatable bonds is 3. The Labute approximate surface area is 81.8 Å². The predicted octanol–water partition coefficient (Wildman–Crippen LogP) is 1.09. The van der Waals surface area contributed by atoms with E-state index in [0.29, 0.717) is 6.04 Å². The van der Waals surface area contributed by atoms with Gasteiger partial charge in [0.25, 0.3) is 0 Å². The highest BCUT2D eigenvalue weighted by molar-refractivity contribution is 7.13. The fraction of sp³-hybridized carbons (Fsp3) is 0.750. The number of nitrogens with zero attached hydrogens (tertiary/aromatic N) is 2. The molecule has 4 nitrogen and oxygen atoms in total. The summed E-state index contributed by atoms with van der Waals surface area (Å²) in [6.07, 6.45) is 3.93. The molecule has 1 aromatic rings. The molecule has 1 aromatic heterocycles. The molecule has 1 atom stereocenters. The molecule has 5 heteroatoms. The first-order valence-corrected chi connectivity index (χ1v) is 5.56. The van der Waals surface area contributed by atoms with E-state index in [-0.39, 0.29) is 0 Å². The van der Waals surface area contributed by atoms with Crippen molar-refractivity contribution in [2.24, 2.45) is 0 Å². The smallest absolute Gasteiger partial charge is 0.205 e. The van der Waals surface area contributed by atoms with Crippen LogP contribution in [0.5, 0.6) is 0 Å². The van der Waals surface area contributed by atoms with Gasteiger partial charge < -0.3 is 10.6 Å². The summed E-state index contributed by atoms with van der Waals surface area (Å²) in [4.78, 5) is 0. The third kappa shape index (κ3) is 2.63. The molecule has 72 valence electrons. The predicted molar refractivity (Wildman–Crippen MR) is 54.0 cm³/mol. The Balaban J connectivity index is 1.72. The van der Waals surface area contributed by atoms with Gasteiger partial charge in [-0.05, 0) is 19.4 Å². The van der Waals surface area contributed by atoms with Gasteiger partial charge in [-0.1, -0.05) is 17.8 Å². The van der Waals surface area contributed by atoms with E-state index in [0.717, 1.165) is 18.2 Å². The summed E-state index contributed by atoms with van der Waals surface area (Å²) in [5.74, 6) is 0. The lowest BCUT2D eigenvalue weighted by Gasteiger charge is -2.23. The van der Waals surface area contributed by atoms with E-state index in [4.69, 9.17) is 0 Å². The van der Waals surface area contributed by atoms with Gasteiger partial charge in [0.05, 0.1) is 0 Å². The molecule has 1 saturated heterocycles. The quantitative estimate of drug-likeness (QED) is 0.763. The average molecular weight is 198 g/mol. The monoisotopic (exact) mass is 198 g/mol. The minimum Gasteiger partial charge on any atom is -0.359 e. The minimum absolute atomic E-state index is 0.609. The first-order valence-electron chi connectivity index (χ1n) is 4.68. The third-order valence-electron chi connectivity index (χ3n) is 2.27. The highest BCUT2D eigenvalue weighted by Gasteiger charge is 2.11. The number of piperidine rings is 1. The van der Waals surface area contributed by atoms with E-state index in [1.54, 1.807) is 16.8 Å². The van der Waals surface area contributed by atoms with Gasteiger partial charge in [0, 0.05) is 12.6 Å². The molecule has 0 bridgehead atoms. The molecule has 0 amide bonds. The van der Waals surface area contributed by atoms with Crippen molar-refractivity contribution in [2.45, 2.75) is 25.3 Å². The summed E-state index contributed by atoms with van der Waals surface area (Å²) < 4.78 is 0. The van der Waals surface area contributed by atoms with Crippen molar-refractivity contribution >= 4 is 16.5 Å². The van der Waals surface area contributed by atoms with Crippen molar-refractivity contribution in [1.82, 2.24) is 15.5 Å². The van der Waals surface area contributed by atoms with Crippen LogP contribution in [0.15, 0.2) is 5.51 Å². The molecule has 2 rings (SSSR count). The van der Waals surface area contributed by atoms with Crippen molar-refractivity contribution in [3.05, 3.63) is 5.51 Å². The van der Waals surface area contributed by atoms with E-state index in [2.05, 4.69) is 20.8 Å². The molecule has 0 aliphatic carbocycles. The van der Waals surface area contributed by atoms with Gasteiger partial charge in [-0.2, -0.15) is 0 Å². The molecule has 0 radical (unpaired) electrons. The van der Waals surface area contributed by atoms with E-state index < -0.39 is 0 Å². The maximum absolute atomic E-state index is 3.93. The van der Waals surface area contributed by atoms with Gasteiger partial charge in [0.15, 0.2) is 0 Å². The Kier molecular flexibility index (Phi) is 3.10. The average Bonchev–Trinajstić information content (AvgIpc) is 2.69. The lowest BCUT2D eigenvalue weighted by atomic mass is 10.1. The van der Waals surface area contributed by atoms with Crippen LogP contribution in [0.1, 0.15) is 19.3 Å². The number of hydrogen-bond acceptors (Lipinski definition) is 5. The van der Waals surface area contributed by atoms with Gasteiger partial charge in [-0.15, -0.1) is 10.2 Å². The first kappa shape index (κ1) is 8.90. The molecule has 0 saturated carbocycles. The number of aromatic nitrogens is 2. The van der Waals surface area contributed by atoms with Crippen LogP contribution in [0, 0.1) is 0 Å². The molecule has 0 spiro atoms. The number of hydrogen-bond donors (Lipinski definition) is 2. The van der Waals surface area contributed by atoms with Gasteiger partial charge in [-0.25, -0.2) is 0 Å². The van der Waals surface area contributed by atoms with Crippen LogP contribution in [0.4, 0.5) is 5.13 Å². The van der Waals surface area contributed by atoms with Gasteiger partial charge in [-0.3, -0.25) is 0 Å². The van der Waals surface area contributed by atoms with Gasteiger partial charge >= 0.3 is 0 Å². The zero-order chi connectivity index (χ0) is 8.93. The third-order valence-corrected chi connectivity index (χ3v) is 2.92. The molecule has 1 aliphatic heterocycles. The van der Waals surface area contributed by atoms with Crippen molar-refractivity contribution in [3.63, 3.8) is 0 Å². The maximum Gasteiger partial charge on any atom is 0.205 e. The SMILES string of the molecule is c1nnc(NCC2CCCCN2)s1. The molecular formula is C8H14N4S. The molecular weight excluding hydrogens is 184 g/mol. The molecule has 1 aliphatic rings. The topological polar surface area (TPSA) is 49.8 Å². The van der Waals surface area contributed by atoms with Crippen LogP contribution < -0.4 is 10.6 Å². The summed E-state index contributed by atoms with van der Waals surface area (Å²) in [6.45, 7) is 2.12. The lowest BCUT2D eigenvalue weighted by Crippen LogP contribution is -2.39. The highest BCUT2D eigenvalue weighted by Crippen LogP contribution is 2.10. The summed E-state index contributed by atoms with van der Waals surface area (Å²) in [7, 11) is 0. The number of anilines is 1. The molecule has 2 heterocycles. The normalized spacial score (nSPS) is 22.9. The van der Waals surface area contributed by atoms with Crippen LogP contribution in [-0.2, 0) is 0 Å². The van der Waals surface area contributed by atoms with Crippen LogP contribution >= 0.6 is 11.3 Å². The maximum atomic E-state index is 3.93. The zero-order valence-electron chi connectivity index (χ0n) is 7.49. The Morgan fingerprint density at radius 1 is 1.62 bits per heavy atom. The highest BCUT2D eigenvalue weighted by atomic mass is 32.1. The fourth-order valence-electron chi connectivity index (χ4n) is 1.56. The van der Waals surface area contributed by atoms with E-state index in [1.165, 1.54) is 19.3 Å². The number of nitrogens with one attached hydrogen (secondary N) is 2. The van der Waals surface area contributed by atoms with E-state index >= 15 is 0 Å². The van der Waals surface area contributed by atoms with Crippen LogP contribution in [-0.4, -0.2) is 29.3 Å².